The summed E-state index contributed by atoms with van der Waals surface area (Å²) >= 11 is 0. The van der Waals surface area contributed by atoms with Gasteiger partial charge in [0.25, 0.3) is 0 Å². The topological polar surface area (TPSA) is 55.6 Å². The summed E-state index contributed by atoms with van der Waals surface area (Å²) in [6, 6.07) is 0. The molecule has 0 radical (unpaired) electrons. The fraction of sp³-hybridized carbons (Fsp3) is 0.923. The van der Waals surface area contributed by atoms with Crippen molar-refractivity contribution in [2.24, 2.45) is 5.73 Å². The predicted molar refractivity (Wildman–Crippen MR) is 68.8 cm³/mol. The summed E-state index contributed by atoms with van der Waals surface area (Å²) < 4.78 is 5.57. The number of nitrogens with zero attached hydrogens (tertiary/aromatic N) is 1. The van der Waals surface area contributed by atoms with Crippen molar-refractivity contribution in [3.8, 4) is 0 Å². The molecule has 0 spiro atoms. The standard InChI is InChI=1S/C13H26N2O2/c1-2-15(11-12-7-6-10-17-12)13(16)8-4-3-5-9-14/h12H,2-11,14H2,1H3. The highest BCUT2D eigenvalue weighted by Gasteiger charge is 2.20. The van der Waals surface area contributed by atoms with Gasteiger partial charge in [-0.25, -0.2) is 0 Å². The number of carbonyl (C=O) groups is 1. The summed E-state index contributed by atoms with van der Waals surface area (Å²) in [7, 11) is 0. The first-order chi connectivity index (χ1) is 8.27. The van der Waals surface area contributed by atoms with E-state index in [0.717, 1.165) is 58.3 Å². The van der Waals surface area contributed by atoms with Crippen molar-refractivity contribution in [3.05, 3.63) is 0 Å². The second-order valence-electron chi connectivity index (χ2n) is 4.67. The molecule has 0 aromatic carbocycles. The van der Waals surface area contributed by atoms with Crippen molar-refractivity contribution in [1.82, 2.24) is 4.90 Å². The Balaban J connectivity index is 2.20. The van der Waals surface area contributed by atoms with Crippen LogP contribution in [-0.2, 0) is 9.53 Å². The average molecular weight is 242 g/mol. The highest BCUT2D eigenvalue weighted by molar-refractivity contribution is 5.76. The molecule has 0 aromatic heterocycles. The molecule has 4 nitrogen and oxygen atoms in total. The predicted octanol–water partition coefficient (Wildman–Crippen LogP) is 1.53. The van der Waals surface area contributed by atoms with E-state index in [2.05, 4.69) is 0 Å². The highest BCUT2D eigenvalue weighted by atomic mass is 16.5. The first-order valence-electron chi connectivity index (χ1n) is 6.87. The van der Waals surface area contributed by atoms with Crippen molar-refractivity contribution in [1.29, 1.82) is 0 Å². The van der Waals surface area contributed by atoms with E-state index in [0.29, 0.717) is 6.42 Å². The SMILES string of the molecule is CCN(CC1CCCO1)C(=O)CCCCCN. The second kappa shape index (κ2) is 8.48. The summed E-state index contributed by atoms with van der Waals surface area (Å²) in [6.07, 6.45) is 6.18. The first-order valence-corrected chi connectivity index (χ1v) is 6.87. The van der Waals surface area contributed by atoms with E-state index in [-0.39, 0.29) is 12.0 Å². The summed E-state index contributed by atoms with van der Waals surface area (Å²) in [6.45, 7) is 5.17. The minimum absolute atomic E-state index is 0.264. The lowest BCUT2D eigenvalue weighted by molar-refractivity contribution is -0.132. The van der Waals surface area contributed by atoms with Crippen LogP contribution in [-0.4, -0.2) is 43.2 Å². The van der Waals surface area contributed by atoms with Crippen LogP contribution in [0, 0.1) is 0 Å². The largest absolute Gasteiger partial charge is 0.376 e. The third-order valence-corrected chi connectivity index (χ3v) is 3.28. The number of likely N-dealkylation sites (N-methyl/N-ethyl adjacent to an activating group) is 1. The quantitative estimate of drug-likeness (QED) is 0.657. The normalized spacial score (nSPS) is 19.5. The number of carbonyl (C=O) groups excluding carboxylic acids is 1. The summed E-state index contributed by atoms with van der Waals surface area (Å²) in [5, 5.41) is 0. The zero-order chi connectivity index (χ0) is 12.5. The number of ether oxygens (including phenoxy) is 1. The molecule has 1 rings (SSSR count). The number of hydrogen-bond donors (Lipinski definition) is 1. The van der Waals surface area contributed by atoms with E-state index in [1.807, 2.05) is 11.8 Å². The van der Waals surface area contributed by atoms with Crippen LogP contribution in [0.1, 0.15) is 45.4 Å². The van der Waals surface area contributed by atoms with Crippen molar-refractivity contribution < 1.29 is 9.53 Å². The summed E-state index contributed by atoms with van der Waals surface area (Å²) in [5.74, 6) is 0.264. The van der Waals surface area contributed by atoms with Gasteiger partial charge in [-0.3, -0.25) is 4.79 Å². The van der Waals surface area contributed by atoms with Gasteiger partial charge in [-0.1, -0.05) is 6.42 Å². The molecule has 0 aromatic rings. The van der Waals surface area contributed by atoms with Gasteiger partial charge in [0.05, 0.1) is 6.10 Å². The van der Waals surface area contributed by atoms with E-state index in [1.54, 1.807) is 0 Å². The second-order valence-corrected chi connectivity index (χ2v) is 4.67. The molecule has 4 heteroatoms. The Bertz CT molecular complexity index is 215. The monoisotopic (exact) mass is 242 g/mol. The number of unbranched alkanes of at least 4 members (excludes halogenated alkanes) is 2. The van der Waals surface area contributed by atoms with Crippen LogP contribution in [0.25, 0.3) is 0 Å². The van der Waals surface area contributed by atoms with Gasteiger partial charge in [0.2, 0.25) is 5.91 Å². The molecule has 1 aliphatic rings. The van der Waals surface area contributed by atoms with Crippen LogP contribution >= 0.6 is 0 Å². The number of rotatable bonds is 8. The van der Waals surface area contributed by atoms with E-state index < -0.39 is 0 Å². The van der Waals surface area contributed by atoms with E-state index in [4.69, 9.17) is 10.5 Å². The lowest BCUT2D eigenvalue weighted by Gasteiger charge is -2.24. The Hall–Kier alpha value is -0.610. The molecule has 1 atom stereocenters. The van der Waals surface area contributed by atoms with Gasteiger partial charge in [0, 0.05) is 26.1 Å². The van der Waals surface area contributed by atoms with Gasteiger partial charge in [-0.05, 0) is 39.2 Å². The highest BCUT2D eigenvalue weighted by Crippen LogP contribution is 2.14. The minimum Gasteiger partial charge on any atom is -0.376 e. The maximum atomic E-state index is 12.0. The van der Waals surface area contributed by atoms with Crippen LogP contribution in [0.4, 0.5) is 0 Å². The van der Waals surface area contributed by atoms with Gasteiger partial charge in [-0.15, -0.1) is 0 Å². The van der Waals surface area contributed by atoms with Crippen molar-refractivity contribution in [3.63, 3.8) is 0 Å². The minimum atomic E-state index is 0.264. The van der Waals surface area contributed by atoms with Crippen LogP contribution < -0.4 is 5.73 Å². The fourth-order valence-corrected chi connectivity index (χ4v) is 2.20. The lowest BCUT2D eigenvalue weighted by Crippen LogP contribution is -2.37. The fourth-order valence-electron chi connectivity index (χ4n) is 2.20. The Kier molecular flexibility index (Phi) is 7.21. The van der Waals surface area contributed by atoms with Crippen LogP contribution in [0.15, 0.2) is 0 Å². The molecule has 17 heavy (non-hydrogen) atoms. The molecule has 1 unspecified atom stereocenters. The molecule has 1 fully saturated rings. The lowest BCUT2D eigenvalue weighted by atomic mass is 10.1. The zero-order valence-electron chi connectivity index (χ0n) is 11.0. The first kappa shape index (κ1) is 14.5. The van der Waals surface area contributed by atoms with Crippen molar-refractivity contribution >= 4 is 5.91 Å². The molecule has 1 heterocycles. The van der Waals surface area contributed by atoms with E-state index in [1.165, 1.54) is 0 Å². The third kappa shape index (κ3) is 5.50. The maximum Gasteiger partial charge on any atom is 0.222 e. The molecule has 1 amide bonds. The molecular formula is C13H26N2O2. The Labute approximate surface area is 104 Å². The van der Waals surface area contributed by atoms with Gasteiger partial charge in [0.15, 0.2) is 0 Å². The van der Waals surface area contributed by atoms with Gasteiger partial charge >= 0.3 is 0 Å². The molecule has 0 bridgehead atoms. The Morgan fingerprint density at radius 2 is 2.24 bits per heavy atom. The Morgan fingerprint density at radius 3 is 2.82 bits per heavy atom. The average Bonchev–Trinajstić information content (AvgIpc) is 2.84. The van der Waals surface area contributed by atoms with Gasteiger partial charge in [0.1, 0.15) is 0 Å². The maximum absolute atomic E-state index is 12.0. The van der Waals surface area contributed by atoms with Crippen LogP contribution in [0.3, 0.4) is 0 Å². The number of hydrogen-bond acceptors (Lipinski definition) is 3. The molecular weight excluding hydrogens is 216 g/mol. The summed E-state index contributed by atoms with van der Waals surface area (Å²) in [4.78, 5) is 13.9. The van der Waals surface area contributed by atoms with Gasteiger partial charge < -0.3 is 15.4 Å². The molecule has 0 aliphatic carbocycles. The Morgan fingerprint density at radius 1 is 1.41 bits per heavy atom. The van der Waals surface area contributed by atoms with Crippen LogP contribution in [0.2, 0.25) is 0 Å². The molecule has 2 N–H and O–H groups in total. The molecule has 1 aliphatic heterocycles. The molecule has 0 saturated carbocycles. The third-order valence-electron chi connectivity index (χ3n) is 3.28. The smallest absolute Gasteiger partial charge is 0.222 e. The summed E-state index contributed by atoms with van der Waals surface area (Å²) in [5.41, 5.74) is 5.43. The zero-order valence-corrected chi connectivity index (χ0v) is 11.0. The van der Waals surface area contributed by atoms with E-state index >= 15 is 0 Å². The number of nitrogens with two attached hydrogens (primary N) is 1. The van der Waals surface area contributed by atoms with Crippen molar-refractivity contribution in [2.75, 3.05) is 26.2 Å². The van der Waals surface area contributed by atoms with Gasteiger partial charge in [-0.2, -0.15) is 0 Å². The van der Waals surface area contributed by atoms with Crippen molar-refractivity contribution in [2.45, 2.75) is 51.6 Å². The van der Waals surface area contributed by atoms with E-state index in [9.17, 15) is 4.79 Å². The molecule has 1 saturated heterocycles. The van der Waals surface area contributed by atoms with Crippen LogP contribution in [0.5, 0.6) is 0 Å². The molecule has 100 valence electrons. The number of amides is 1.